The number of Topliss-reactive ketones (excluding diaryl/α,β-unsaturated/α-hetero) is 1. The number of carbonyl (C=O) groups excluding carboxylic acids is 2. The van der Waals surface area contributed by atoms with Crippen molar-refractivity contribution in [3.63, 3.8) is 0 Å². The highest BCUT2D eigenvalue weighted by Gasteiger charge is 2.31. The molecule has 0 bridgehead atoms. The molecule has 0 saturated heterocycles. The van der Waals surface area contributed by atoms with Gasteiger partial charge in [0.25, 0.3) is 0 Å². The highest BCUT2D eigenvalue weighted by atomic mass is 19.1. The first-order chi connectivity index (χ1) is 15.9. The molecule has 0 unspecified atom stereocenters. The number of ketones is 1. The summed E-state index contributed by atoms with van der Waals surface area (Å²) in [6.07, 6.45) is 6.41. The zero-order chi connectivity index (χ0) is 23.3. The van der Waals surface area contributed by atoms with Crippen LogP contribution in [0.2, 0.25) is 0 Å². The predicted octanol–water partition coefficient (Wildman–Crippen LogP) is 4.28. The maximum Gasteiger partial charge on any atom is 0.353 e. The Morgan fingerprint density at radius 1 is 1.18 bits per heavy atom. The molecule has 2 heterocycles. The number of halogens is 1. The van der Waals surface area contributed by atoms with Gasteiger partial charge in [-0.05, 0) is 29.8 Å². The number of allylic oxidation sites excluding steroid dienone is 4. The second-order valence-corrected chi connectivity index (χ2v) is 7.73. The summed E-state index contributed by atoms with van der Waals surface area (Å²) in [6, 6.07) is 9.08. The Kier molecular flexibility index (Phi) is 4.70. The molecule has 5 rings (SSSR count). The monoisotopic (exact) mass is 444 g/mol. The van der Waals surface area contributed by atoms with Gasteiger partial charge in [-0.15, -0.1) is 0 Å². The fourth-order valence-electron chi connectivity index (χ4n) is 4.28. The first kappa shape index (κ1) is 20.4. The van der Waals surface area contributed by atoms with Crippen LogP contribution in [0.1, 0.15) is 38.4 Å². The van der Waals surface area contributed by atoms with Gasteiger partial charge >= 0.3 is 5.97 Å². The predicted molar refractivity (Wildman–Crippen MR) is 119 cm³/mol. The van der Waals surface area contributed by atoms with Crippen molar-refractivity contribution in [2.45, 2.75) is 13.0 Å². The zero-order valence-electron chi connectivity index (χ0n) is 17.2. The molecule has 1 aliphatic carbocycles. The molecule has 0 fully saturated rings. The van der Waals surface area contributed by atoms with Gasteiger partial charge in [-0.1, -0.05) is 30.4 Å². The van der Waals surface area contributed by atoms with Gasteiger partial charge in [0.15, 0.2) is 5.78 Å². The Labute approximate surface area is 186 Å². The number of fused-ring (bicyclic) bond motifs is 3. The number of aromatic carboxylic acids is 1. The van der Waals surface area contributed by atoms with Gasteiger partial charge in [0.2, 0.25) is 5.91 Å². The fraction of sp³-hybridized carbons (Fsp3) is 0.0800. The third-order valence-corrected chi connectivity index (χ3v) is 5.77. The lowest BCUT2D eigenvalue weighted by atomic mass is 9.93. The molecule has 2 aromatic heterocycles. The lowest BCUT2D eigenvalue weighted by Crippen LogP contribution is -2.14. The van der Waals surface area contributed by atoms with Crippen molar-refractivity contribution < 1.29 is 28.3 Å². The van der Waals surface area contributed by atoms with Gasteiger partial charge in [-0.2, -0.15) is 0 Å². The van der Waals surface area contributed by atoms with Crippen molar-refractivity contribution in [1.29, 1.82) is 0 Å². The summed E-state index contributed by atoms with van der Waals surface area (Å²) in [6.45, 7) is 0.0557. The van der Waals surface area contributed by atoms with Crippen molar-refractivity contribution in [2.24, 2.45) is 5.73 Å². The number of nitrogens with zero attached hydrogens (tertiary/aromatic N) is 1. The van der Waals surface area contributed by atoms with E-state index < -0.39 is 17.7 Å². The first-order valence-electron chi connectivity index (χ1n) is 10.1. The molecule has 4 aromatic rings. The molecular formula is C25H17FN2O5. The number of hydrogen-bond acceptors (Lipinski definition) is 4. The topological polar surface area (TPSA) is 116 Å². The fourth-order valence-corrected chi connectivity index (χ4v) is 4.28. The smallest absolute Gasteiger partial charge is 0.353 e. The second kappa shape index (κ2) is 7.59. The van der Waals surface area contributed by atoms with Crippen LogP contribution in [0.25, 0.3) is 27.4 Å². The number of amides is 1. The molecule has 0 spiro atoms. The molecule has 0 radical (unpaired) electrons. The van der Waals surface area contributed by atoms with E-state index in [9.17, 15) is 23.9 Å². The Balaban J connectivity index is 1.84. The molecule has 1 aliphatic rings. The maximum absolute atomic E-state index is 14.9. The summed E-state index contributed by atoms with van der Waals surface area (Å²) in [5.41, 5.74) is 7.00. The largest absolute Gasteiger partial charge is 0.477 e. The van der Waals surface area contributed by atoms with E-state index in [-0.39, 0.29) is 52.1 Å². The molecule has 164 valence electrons. The third-order valence-electron chi connectivity index (χ3n) is 5.77. The number of carbonyl (C=O) groups is 3. The Hall–Kier alpha value is -4.46. The summed E-state index contributed by atoms with van der Waals surface area (Å²) in [5.74, 6) is -2.66. The average Bonchev–Trinajstić information content (AvgIpc) is 3.38. The quantitative estimate of drug-likeness (QED) is 0.477. The lowest BCUT2D eigenvalue weighted by Gasteiger charge is -2.11. The standard InChI is InChI=1S/C25H17FN2O5/c26-17-11-18-21(23-15(17)9-10-33-23)20(16-3-1-2-4-19(16)29)22(25(31)32)28(18)12-13-5-7-14(8-6-13)24(27)30/h1-3,5-11H,4,12H2,(H2,27,30)(H,31,32). The average molecular weight is 444 g/mol. The summed E-state index contributed by atoms with van der Waals surface area (Å²) < 4.78 is 21.9. The lowest BCUT2D eigenvalue weighted by molar-refractivity contribution is -0.113. The molecule has 0 saturated carbocycles. The third kappa shape index (κ3) is 3.23. The molecule has 0 aliphatic heterocycles. The van der Waals surface area contributed by atoms with Gasteiger partial charge in [0, 0.05) is 29.7 Å². The van der Waals surface area contributed by atoms with Crippen LogP contribution in [0.5, 0.6) is 0 Å². The van der Waals surface area contributed by atoms with Gasteiger partial charge in [-0.3, -0.25) is 9.59 Å². The van der Waals surface area contributed by atoms with Crippen molar-refractivity contribution >= 4 is 45.1 Å². The minimum absolute atomic E-state index is 0.0557. The minimum atomic E-state index is -1.27. The number of benzene rings is 2. The van der Waals surface area contributed by atoms with E-state index in [1.165, 1.54) is 35.1 Å². The summed E-state index contributed by atoms with van der Waals surface area (Å²) in [4.78, 5) is 36.6. The van der Waals surface area contributed by atoms with Gasteiger partial charge < -0.3 is 19.8 Å². The number of hydrogen-bond donors (Lipinski definition) is 2. The van der Waals surface area contributed by atoms with Crippen molar-refractivity contribution in [3.8, 4) is 0 Å². The van der Waals surface area contributed by atoms with Crippen molar-refractivity contribution in [1.82, 2.24) is 4.57 Å². The van der Waals surface area contributed by atoms with E-state index >= 15 is 0 Å². The summed E-state index contributed by atoms with van der Waals surface area (Å²) in [5, 5.41) is 10.7. The van der Waals surface area contributed by atoms with Crippen LogP contribution in [0.4, 0.5) is 4.39 Å². The van der Waals surface area contributed by atoms with Crippen LogP contribution in [0.3, 0.4) is 0 Å². The number of rotatable bonds is 5. The van der Waals surface area contributed by atoms with Crippen LogP contribution < -0.4 is 5.73 Å². The Bertz CT molecular complexity index is 1540. The highest BCUT2D eigenvalue weighted by Crippen LogP contribution is 2.40. The molecule has 0 atom stereocenters. The summed E-state index contributed by atoms with van der Waals surface area (Å²) >= 11 is 0. The van der Waals surface area contributed by atoms with E-state index in [2.05, 4.69) is 0 Å². The van der Waals surface area contributed by atoms with E-state index in [4.69, 9.17) is 10.2 Å². The maximum atomic E-state index is 14.9. The summed E-state index contributed by atoms with van der Waals surface area (Å²) in [7, 11) is 0. The number of carboxylic acids is 1. The minimum Gasteiger partial charge on any atom is -0.477 e. The van der Waals surface area contributed by atoms with Crippen LogP contribution in [0, 0.1) is 5.82 Å². The van der Waals surface area contributed by atoms with E-state index in [1.807, 2.05) is 0 Å². The Morgan fingerprint density at radius 3 is 2.61 bits per heavy atom. The van der Waals surface area contributed by atoms with Gasteiger partial charge in [0.1, 0.15) is 17.1 Å². The Morgan fingerprint density at radius 2 is 1.94 bits per heavy atom. The molecule has 2 aromatic carbocycles. The van der Waals surface area contributed by atoms with Gasteiger partial charge in [-0.25, -0.2) is 9.18 Å². The number of primary amides is 1. The van der Waals surface area contributed by atoms with Crippen LogP contribution >= 0.6 is 0 Å². The number of nitrogens with two attached hydrogens (primary N) is 1. The first-order valence-corrected chi connectivity index (χ1v) is 10.1. The SMILES string of the molecule is NC(=O)c1ccc(Cn2c(C(=O)O)c(C3=CC=CCC3=O)c3c4occc4c(F)cc32)cc1. The second-order valence-electron chi connectivity index (χ2n) is 7.73. The van der Waals surface area contributed by atoms with Crippen molar-refractivity contribution in [3.05, 3.63) is 89.1 Å². The van der Waals surface area contributed by atoms with E-state index in [1.54, 1.807) is 30.4 Å². The van der Waals surface area contributed by atoms with Crippen molar-refractivity contribution in [2.75, 3.05) is 0 Å². The molecule has 1 amide bonds. The van der Waals surface area contributed by atoms with Crippen LogP contribution in [-0.2, 0) is 11.3 Å². The molecule has 3 N–H and O–H groups in total. The van der Waals surface area contributed by atoms with Gasteiger partial charge in [0.05, 0.1) is 22.6 Å². The highest BCUT2D eigenvalue weighted by molar-refractivity contribution is 6.29. The molecule has 7 nitrogen and oxygen atoms in total. The van der Waals surface area contributed by atoms with Crippen LogP contribution in [0.15, 0.2) is 65.3 Å². The normalized spacial score (nSPS) is 13.6. The van der Waals surface area contributed by atoms with E-state index in [0.717, 1.165) is 0 Å². The number of furan rings is 1. The molecule has 33 heavy (non-hydrogen) atoms. The zero-order valence-corrected chi connectivity index (χ0v) is 17.2. The molecular weight excluding hydrogens is 427 g/mol. The van der Waals surface area contributed by atoms with Crippen LogP contribution in [-0.4, -0.2) is 27.3 Å². The number of aromatic nitrogens is 1. The van der Waals surface area contributed by atoms with E-state index in [0.29, 0.717) is 16.5 Å². The molecule has 8 heteroatoms. The number of carboxylic acid groups (broad SMARTS) is 1.